The number of rotatable bonds is 2. The SMILES string of the molecule is Cc1ccc(N)c(Oc2nccc(C)n2)c1. The number of ether oxygens (including phenoxy) is 1. The first kappa shape index (κ1) is 10.4. The Hall–Kier alpha value is -2.10. The zero-order chi connectivity index (χ0) is 11.5. The molecule has 0 fully saturated rings. The van der Waals surface area contributed by atoms with Gasteiger partial charge in [0, 0.05) is 11.9 Å². The van der Waals surface area contributed by atoms with Crippen LogP contribution in [0.2, 0.25) is 0 Å². The number of hydrogen-bond acceptors (Lipinski definition) is 4. The van der Waals surface area contributed by atoms with Crippen LogP contribution in [0.4, 0.5) is 5.69 Å². The van der Waals surface area contributed by atoms with E-state index in [-0.39, 0.29) is 0 Å². The van der Waals surface area contributed by atoms with E-state index in [2.05, 4.69) is 9.97 Å². The van der Waals surface area contributed by atoms with Gasteiger partial charge in [-0.15, -0.1) is 0 Å². The van der Waals surface area contributed by atoms with Crippen molar-refractivity contribution in [1.29, 1.82) is 0 Å². The fraction of sp³-hybridized carbons (Fsp3) is 0.167. The number of anilines is 1. The van der Waals surface area contributed by atoms with Gasteiger partial charge in [0.15, 0.2) is 5.75 Å². The molecule has 0 unspecified atom stereocenters. The van der Waals surface area contributed by atoms with Gasteiger partial charge in [-0.3, -0.25) is 0 Å². The Morgan fingerprint density at radius 3 is 2.75 bits per heavy atom. The molecule has 0 bridgehead atoms. The van der Waals surface area contributed by atoms with Crippen molar-refractivity contribution in [2.75, 3.05) is 5.73 Å². The number of aromatic nitrogens is 2. The van der Waals surface area contributed by atoms with Crippen molar-refractivity contribution in [3.05, 3.63) is 41.7 Å². The summed E-state index contributed by atoms with van der Waals surface area (Å²) in [6, 6.07) is 7.73. The van der Waals surface area contributed by atoms with Gasteiger partial charge in [-0.1, -0.05) is 6.07 Å². The van der Waals surface area contributed by atoms with Crippen molar-refractivity contribution in [3.8, 4) is 11.8 Å². The molecule has 82 valence electrons. The van der Waals surface area contributed by atoms with Crippen LogP contribution in [0.15, 0.2) is 30.5 Å². The highest BCUT2D eigenvalue weighted by Crippen LogP contribution is 2.26. The first-order chi connectivity index (χ1) is 7.65. The lowest BCUT2D eigenvalue weighted by Crippen LogP contribution is -1.96. The molecule has 0 saturated heterocycles. The smallest absolute Gasteiger partial charge is 0.322 e. The van der Waals surface area contributed by atoms with E-state index in [1.807, 2.05) is 32.0 Å². The fourth-order valence-corrected chi connectivity index (χ4v) is 1.30. The van der Waals surface area contributed by atoms with Gasteiger partial charge in [-0.05, 0) is 37.6 Å². The zero-order valence-electron chi connectivity index (χ0n) is 9.27. The lowest BCUT2D eigenvalue weighted by atomic mass is 10.2. The maximum atomic E-state index is 5.79. The van der Waals surface area contributed by atoms with Crippen LogP contribution >= 0.6 is 0 Å². The highest BCUT2D eigenvalue weighted by molar-refractivity contribution is 5.54. The van der Waals surface area contributed by atoms with Crippen molar-refractivity contribution in [2.24, 2.45) is 0 Å². The van der Waals surface area contributed by atoms with Gasteiger partial charge in [0.05, 0.1) is 5.69 Å². The molecule has 0 aliphatic heterocycles. The van der Waals surface area contributed by atoms with Gasteiger partial charge in [0.25, 0.3) is 0 Å². The summed E-state index contributed by atoms with van der Waals surface area (Å²) in [6.45, 7) is 3.86. The minimum Gasteiger partial charge on any atom is -0.422 e. The maximum absolute atomic E-state index is 5.79. The average molecular weight is 215 g/mol. The Morgan fingerprint density at radius 2 is 2.00 bits per heavy atom. The molecular formula is C12H13N3O. The Kier molecular flexibility index (Phi) is 2.72. The quantitative estimate of drug-likeness (QED) is 0.782. The van der Waals surface area contributed by atoms with Gasteiger partial charge in [-0.2, -0.15) is 0 Å². The van der Waals surface area contributed by atoms with Crippen LogP contribution in [0.3, 0.4) is 0 Å². The van der Waals surface area contributed by atoms with Gasteiger partial charge >= 0.3 is 6.01 Å². The molecule has 0 aliphatic carbocycles. The number of nitrogens with two attached hydrogens (primary N) is 1. The van der Waals surface area contributed by atoms with Crippen molar-refractivity contribution < 1.29 is 4.74 Å². The number of nitrogens with zero attached hydrogens (tertiary/aromatic N) is 2. The lowest BCUT2D eigenvalue weighted by molar-refractivity contribution is 0.442. The van der Waals surface area contributed by atoms with Crippen molar-refractivity contribution in [1.82, 2.24) is 9.97 Å². The van der Waals surface area contributed by atoms with E-state index in [1.54, 1.807) is 12.3 Å². The van der Waals surface area contributed by atoms with E-state index in [9.17, 15) is 0 Å². The molecule has 0 amide bonds. The summed E-state index contributed by atoms with van der Waals surface area (Å²) in [5.74, 6) is 0.589. The van der Waals surface area contributed by atoms with E-state index < -0.39 is 0 Å². The van der Waals surface area contributed by atoms with Crippen molar-refractivity contribution in [2.45, 2.75) is 13.8 Å². The highest BCUT2D eigenvalue weighted by Gasteiger charge is 2.04. The Bertz CT molecular complexity index is 511. The van der Waals surface area contributed by atoms with Gasteiger partial charge in [-0.25, -0.2) is 9.97 Å². The molecule has 0 saturated carbocycles. The summed E-state index contributed by atoms with van der Waals surface area (Å²) in [4.78, 5) is 8.17. The molecule has 2 aromatic rings. The average Bonchev–Trinajstić information content (AvgIpc) is 2.24. The Balaban J connectivity index is 2.30. The van der Waals surface area contributed by atoms with Crippen molar-refractivity contribution >= 4 is 5.69 Å². The Morgan fingerprint density at radius 1 is 1.19 bits per heavy atom. The summed E-state index contributed by atoms with van der Waals surface area (Å²) in [7, 11) is 0. The van der Waals surface area contributed by atoms with E-state index in [4.69, 9.17) is 10.5 Å². The minimum atomic E-state index is 0.317. The van der Waals surface area contributed by atoms with Crippen LogP contribution in [0, 0.1) is 13.8 Å². The topological polar surface area (TPSA) is 61.0 Å². The summed E-state index contributed by atoms with van der Waals surface area (Å²) >= 11 is 0. The van der Waals surface area contributed by atoms with Crippen LogP contribution < -0.4 is 10.5 Å². The van der Waals surface area contributed by atoms with Crippen LogP contribution in [-0.4, -0.2) is 9.97 Å². The van der Waals surface area contributed by atoms with E-state index >= 15 is 0 Å². The van der Waals surface area contributed by atoms with E-state index in [1.165, 1.54) is 0 Å². The lowest BCUT2D eigenvalue weighted by Gasteiger charge is -2.07. The molecule has 2 N–H and O–H groups in total. The van der Waals surface area contributed by atoms with E-state index in [0.717, 1.165) is 11.3 Å². The third-order valence-corrected chi connectivity index (χ3v) is 2.14. The van der Waals surface area contributed by atoms with Crippen LogP contribution in [0.25, 0.3) is 0 Å². The minimum absolute atomic E-state index is 0.317. The molecule has 2 rings (SSSR count). The van der Waals surface area contributed by atoms with Crippen LogP contribution in [0.5, 0.6) is 11.8 Å². The molecule has 1 aromatic carbocycles. The predicted octanol–water partition coefficient (Wildman–Crippen LogP) is 2.47. The van der Waals surface area contributed by atoms with Crippen molar-refractivity contribution in [3.63, 3.8) is 0 Å². The molecule has 1 heterocycles. The summed E-state index contributed by atoms with van der Waals surface area (Å²) in [5.41, 5.74) is 8.31. The standard InChI is InChI=1S/C12H13N3O/c1-8-3-4-10(13)11(7-8)16-12-14-6-5-9(2)15-12/h3-7H,13H2,1-2H3. The maximum Gasteiger partial charge on any atom is 0.322 e. The molecule has 4 heteroatoms. The first-order valence-corrected chi connectivity index (χ1v) is 4.99. The molecule has 0 radical (unpaired) electrons. The molecule has 0 aliphatic rings. The summed E-state index contributed by atoms with van der Waals surface area (Å²) in [6.07, 6.45) is 1.66. The zero-order valence-corrected chi connectivity index (χ0v) is 9.27. The predicted molar refractivity (Wildman–Crippen MR) is 62.4 cm³/mol. The molecule has 4 nitrogen and oxygen atoms in total. The Labute approximate surface area is 94.1 Å². The normalized spacial score (nSPS) is 10.1. The molecule has 0 spiro atoms. The second-order valence-corrected chi connectivity index (χ2v) is 3.62. The summed E-state index contributed by atoms with van der Waals surface area (Å²) < 4.78 is 5.52. The number of nitrogen functional groups attached to an aromatic ring is 1. The molecule has 1 aromatic heterocycles. The second kappa shape index (κ2) is 4.18. The van der Waals surface area contributed by atoms with Crippen LogP contribution in [0.1, 0.15) is 11.3 Å². The first-order valence-electron chi connectivity index (χ1n) is 4.99. The number of hydrogen-bond donors (Lipinski definition) is 1. The number of benzene rings is 1. The van der Waals surface area contributed by atoms with Crippen LogP contribution in [-0.2, 0) is 0 Å². The largest absolute Gasteiger partial charge is 0.422 e. The van der Waals surface area contributed by atoms with Gasteiger partial charge in [0.2, 0.25) is 0 Å². The van der Waals surface area contributed by atoms with E-state index in [0.29, 0.717) is 17.4 Å². The highest BCUT2D eigenvalue weighted by atomic mass is 16.5. The van der Waals surface area contributed by atoms with Gasteiger partial charge in [0.1, 0.15) is 0 Å². The number of aryl methyl sites for hydroxylation is 2. The second-order valence-electron chi connectivity index (χ2n) is 3.62. The fourth-order valence-electron chi connectivity index (χ4n) is 1.30. The summed E-state index contributed by atoms with van der Waals surface area (Å²) in [5, 5.41) is 0. The molecule has 16 heavy (non-hydrogen) atoms. The third-order valence-electron chi connectivity index (χ3n) is 2.14. The molecule has 0 atom stereocenters. The third kappa shape index (κ3) is 2.28. The molecular weight excluding hydrogens is 202 g/mol. The van der Waals surface area contributed by atoms with Gasteiger partial charge < -0.3 is 10.5 Å². The monoisotopic (exact) mass is 215 g/mol.